The molecule has 4 aromatic carbocycles. The van der Waals surface area contributed by atoms with Crippen LogP contribution in [0.5, 0.6) is 11.5 Å². The van der Waals surface area contributed by atoms with Crippen molar-refractivity contribution >= 4 is 31.4 Å². The zero-order chi connectivity index (χ0) is 43.6. The van der Waals surface area contributed by atoms with E-state index in [0.717, 1.165) is 28.2 Å². The number of methoxy groups -OCH3 is 2. The van der Waals surface area contributed by atoms with Crippen LogP contribution in [0, 0.1) is 0 Å². The first-order chi connectivity index (χ1) is 30.2. The van der Waals surface area contributed by atoms with Crippen molar-refractivity contribution in [3.8, 4) is 11.5 Å². The number of benzene rings is 4. The van der Waals surface area contributed by atoms with Gasteiger partial charge in [0.1, 0.15) is 35.8 Å². The largest absolute Gasteiger partial charge is 0.497 e. The minimum Gasteiger partial charge on any atom is -0.497 e. The number of aromatic nitrogens is 4. The van der Waals surface area contributed by atoms with Crippen molar-refractivity contribution in [2.75, 3.05) is 32.8 Å². The van der Waals surface area contributed by atoms with E-state index >= 15 is 0 Å². The maximum atomic E-state index is 13.2. The Morgan fingerprint density at radius 2 is 1.47 bits per heavy atom. The molecule has 7 rings (SSSR count). The fraction of sp³-hybridized carbons (Fsp3) is 0.333. The number of hydrogen-bond donors (Lipinski definition) is 1. The molecule has 1 N–H and O–H groups in total. The second-order valence-corrected chi connectivity index (χ2v) is 16.8. The molecule has 1 fully saturated rings. The quantitative estimate of drug-likeness (QED) is 0.0341. The third kappa shape index (κ3) is 9.74. The predicted octanol–water partition coefficient (Wildman–Crippen LogP) is 9.72. The lowest BCUT2D eigenvalue weighted by atomic mass is 9.80. The van der Waals surface area contributed by atoms with Gasteiger partial charge in [-0.05, 0) is 87.2 Å². The molecule has 1 amide bonds. The van der Waals surface area contributed by atoms with Crippen molar-refractivity contribution < 1.29 is 32.8 Å². The molecule has 6 aromatic rings. The lowest BCUT2D eigenvalue weighted by Gasteiger charge is -2.39. The number of rotatable bonds is 20. The van der Waals surface area contributed by atoms with Crippen molar-refractivity contribution in [1.82, 2.24) is 24.2 Å². The van der Waals surface area contributed by atoms with Crippen LogP contribution in [0.15, 0.2) is 135 Å². The number of carbonyl (C=O) groups excluding carboxylic acids is 1. The number of imidazole rings is 1. The zero-order valence-electron chi connectivity index (χ0n) is 36.1. The first kappa shape index (κ1) is 44.5. The summed E-state index contributed by atoms with van der Waals surface area (Å²) in [6, 6.07) is 35.3. The smallest absolute Gasteiger partial charge is 0.259 e. The van der Waals surface area contributed by atoms with Gasteiger partial charge in [-0.25, -0.2) is 19.6 Å². The summed E-state index contributed by atoms with van der Waals surface area (Å²) in [6.45, 7) is 13.1. The second-order valence-electron chi connectivity index (χ2n) is 15.4. The maximum absolute atomic E-state index is 13.2. The van der Waals surface area contributed by atoms with Gasteiger partial charge in [0.05, 0.1) is 39.9 Å². The number of nitrogens with zero attached hydrogens (tertiary/aromatic N) is 5. The van der Waals surface area contributed by atoms with Gasteiger partial charge < -0.3 is 33.3 Å². The van der Waals surface area contributed by atoms with E-state index in [1.165, 1.54) is 6.33 Å². The van der Waals surface area contributed by atoms with E-state index in [4.69, 9.17) is 33.0 Å². The van der Waals surface area contributed by atoms with E-state index in [9.17, 15) is 4.79 Å². The van der Waals surface area contributed by atoms with Crippen molar-refractivity contribution in [2.45, 2.75) is 76.7 Å². The Hall–Kier alpha value is -5.53. The summed E-state index contributed by atoms with van der Waals surface area (Å²) in [5.74, 6) is 1.45. The van der Waals surface area contributed by atoms with E-state index in [1.807, 2.05) is 95.6 Å². The van der Waals surface area contributed by atoms with Crippen LogP contribution in [0.3, 0.4) is 0 Å². The van der Waals surface area contributed by atoms with Crippen LogP contribution in [-0.4, -0.2) is 81.8 Å². The highest BCUT2D eigenvalue weighted by Gasteiger charge is 2.45. The van der Waals surface area contributed by atoms with E-state index in [2.05, 4.69) is 66.4 Å². The molecule has 13 nitrogen and oxygen atoms in total. The van der Waals surface area contributed by atoms with Crippen LogP contribution >= 0.6 is 8.53 Å². The fourth-order valence-electron chi connectivity index (χ4n) is 7.79. The van der Waals surface area contributed by atoms with Crippen LogP contribution in [0.4, 0.5) is 5.82 Å². The molecule has 0 bridgehead atoms. The fourth-order valence-corrected chi connectivity index (χ4v) is 9.56. The van der Waals surface area contributed by atoms with Gasteiger partial charge in [0.2, 0.25) is 0 Å². The van der Waals surface area contributed by atoms with Gasteiger partial charge in [-0.2, -0.15) is 0 Å². The van der Waals surface area contributed by atoms with Gasteiger partial charge in [-0.3, -0.25) is 9.36 Å². The molecule has 0 radical (unpaired) electrons. The monoisotopic (exact) mass is 858 g/mol. The number of ether oxygens (including phenoxy) is 4. The minimum absolute atomic E-state index is 0.118. The highest BCUT2D eigenvalue weighted by Crippen LogP contribution is 2.51. The number of anilines is 1. The number of amides is 1. The number of nitrogens with one attached hydrogen (secondary N) is 1. The van der Waals surface area contributed by atoms with E-state index in [-0.39, 0.29) is 24.6 Å². The third-order valence-corrected chi connectivity index (χ3v) is 12.9. The minimum atomic E-state index is -1.56. The molecular formula is C48H55N6O7P. The van der Waals surface area contributed by atoms with Gasteiger partial charge in [0.15, 0.2) is 17.0 Å². The Morgan fingerprint density at radius 3 is 2.05 bits per heavy atom. The molecule has 2 aromatic heterocycles. The zero-order valence-corrected chi connectivity index (χ0v) is 37.0. The SMILES string of the molecule is C=CCCOP(OC1CC(n2cnc3c(NC(=O)c4ccccc4)ncnc32)OC1COC(c1ccccc1)(c1ccc(OC)cc1)c1ccc(OC)cc1)N(C(C)C)C(C)C. The summed E-state index contributed by atoms with van der Waals surface area (Å²) in [5.41, 5.74) is 3.04. The topological polar surface area (TPSA) is 131 Å². The number of carbonyl (C=O) groups is 1. The van der Waals surface area contributed by atoms with Crippen molar-refractivity contribution in [3.63, 3.8) is 0 Å². The Bertz CT molecular complexity index is 2310. The Kier molecular flexibility index (Phi) is 14.8. The summed E-state index contributed by atoms with van der Waals surface area (Å²) in [6.07, 6.45) is 4.37. The van der Waals surface area contributed by atoms with Gasteiger partial charge >= 0.3 is 0 Å². The molecule has 0 saturated carbocycles. The summed E-state index contributed by atoms with van der Waals surface area (Å²) in [4.78, 5) is 26.9. The predicted molar refractivity (Wildman–Crippen MR) is 241 cm³/mol. The lowest BCUT2D eigenvalue weighted by Crippen LogP contribution is -2.39. The van der Waals surface area contributed by atoms with Crippen LogP contribution < -0.4 is 14.8 Å². The molecular weight excluding hydrogens is 804 g/mol. The molecule has 1 saturated heterocycles. The number of fused-ring (bicyclic) bond motifs is 1. The van der Waals surface area contributed by atoms with E-state index in [1.54, 1.807) is 32.7 Å². The highest BCUT2D eigenvalue weighted by atomic mass is 31.2. The first-order valence-electron chi connectivity index (χ1n) is 20.8. The Morgan fingerprint density at radius 1 is 0.871 bits per heavy atom. The van der Waals surface area contributed by atoms with Crippen molar-refractivity contribution in [1.29, 1.82) is 0 Å². The van der Waals surface area contributed by atoms with E-state index in [0.29, 0.717) is 42.0 Å². The third-order valence-electron chi connectivity index (χ3n) is 10.8. The number of hydrogen-bond acceptors (Lipinski definition) is 11. The van der Waals surface area contributed by atoms with Crippen LogP contribution in [-0.2, 0) is 24.1 Å². The van der Waals surface area contributed by atoms with Gasteiger partial charge in [0.25, 0.3) is 14.4 Å². The van der Waals surface area contributed by atoms with Crippen molar-refractivity contribution in [3.05, 3.63) is 157 Å². The molecule has 4 atom stereocenters. The lowest BCUT2D eigenvalue weighted by molar-refractivity contribution is -0.0912. The van der Waals surface area contributed by atoms with Gasteiger partial charge in [0, 0.05) is 24.1 Å². The summed E-state index contributed by atoms with van der Waals surface area (Å²) < 4.78 is 43.4. The van der Waals surface area contributed by atoms with Crippen LogP contribution in [0.1, 0.15) is 73.8 Å². The Labute approximate surface area is 365 Å². The molecule has 324 valence electrons. The summed E-state index contributed by atoms with van der Waals surface area (Å²) >= 11 is 0. The molecule has 3 heterocycles. The molecule has 1 aliphatic heterocycles. The molecule has 0 spiro atoms. The molecule has 4 unspecified atom stereocenters. The average Bonchev–Trinajstić information content (AvgIpc) is 3.92. The second kappa shape index (κ2) is 20.6. The maximum Gasteiger partial charge on any atom is 0.259 e. The Balaban J connectivity index is 1.28. The molecule has 62 heavy (non-hydrogen) atoms. The first-order valence-corrected chi connectivity index (χ1v) is 22.0. The molecule has 14 heteroatoms. The highest BCUT2D eigenvalue weighted by molar-refractivity contribution is 7.44. The van der Waals surface area contributed by atoms with Crippen LogP contribution in [0.2, 0.25) is 0 Å². The van der Waals surface area contributed by atoms with E-state index < -0.39 is 32.6 Å². The average molecular weight is 859 g/mol. The molecule has 0 aliphatic carbocycles. The van der Waals surface area contributed by atoms with Gasteiger partial charge in [-0.1, -0.05) is 78.9 Å². The van der Waals surface area contributed by atoms with Crippen LogP contribution in [0.25, 0.3) is 11.2 Å². The normalized spacial score (nSPS) is 17.1. The van der Waals surface area contributed by atoms with Gasteiger partial charge in [-0.15, -0.1) is 6.58 Å². The summed E-state index contributed by atoms with van der Waals surface area (Å²) in [5, 5.41) is 2.91. The summed E-state index contributed by atoms with van der Waals surface area (Å²) in [7, 11) is 1.75. The molecule has 1 aliphatic rings. The van der Waals surface area contributed by atoms with Crippen molar-refractivity contribution in [2.24, 2.45) is 0 Å². The standard InChI is InChI=1S/C48H55N6O7P/c1-8-9-28-59-62(54(33(2)3)34(4)5)61-41-29-43(53-32-51-44-45(49-31-50-46(44)53)52-47(55)35-16-12-10-13-17-35)60-42(41)30-58-48(36-18-14-11-15-19-36,37-20-24-39(56-6)25-21-37)38-22-26-40(57-7)27-23-38/h8,10-27,31-34,41-43H,1,9,28-30H2,2-7H3,(H,49,50,52,55).